The normalized spacial score (nSPS) is 14.5. The van der Waals surface area contributed by atoms with Crippen LogP contribution in [0.2, 0.25) is 0 Å². The average Bonchev–Trinajstić information content (AvgIpc) is 3.16. The van der Waals surface area contributed by atoms with E-state index in [-0.39, 0.29) is 6.09 Å². The molecule has 0 radical (unpaired) electrons. The highest BCUT2D eigenvalue weighted by atomic mass is 32.1. The van der Waals surface area contributed by atoms with Gasteiger partial charge in [0.05, 0.1) is 16.8 Å². The fourth-order valence-corrected chi connectivity index (χ4v) is 5.55. The molecule has 1 aliphatic rings. The van der Waals surface area contributed by atoms with Gasteiger partial charge < -0.3 is 9.64 Å². The number of carbonyl (C=O) groups excluding carboxylic acids is 1. The second-order valence-electron chi connectivity index (χ2n) is 8.13. The molecule has 0 N–H and O–H groups in total. The van der Waals surface area contributed by atoms with Crippen molar-refractivity contribution >= 4 is 39.0 Å². The maximum absolute atomic E-state index is 12.4. The maximum atomic E-state index is 12.4. The zero-order valence-electron chi connectivity index (χ0n) is 16.4. The number of fused-ring (bicyclic) bond motifs is 2. The van der Waals surface area contributed by atoms with E-state index in [1.54, 1.807) is 27.6 Å². The Hall–Kier alpha value is -1.92. The van der Waals surface area contributed by atoms with Crippen molar-refractivity contribution < 1.29 is 9.53 Å². The molecule has 1 amide bonds. The number of amides is 1. The van der Waals surface area contributed by atoms with E-state index in [0.717, 1.165) is 16.9 Å². The van der Waals surface area contributed by atoms with Crippen LogP contribution in [0, 0.1) is 13.8 Å². The van der Waals surface area contributed by atoms with Crippen molar-refractivity contribution in [3.63, 3.8) is 0 Å². The Bertz CT molecular complexity index is 988. The zero-order valence-corrected chi connectivity index (χ0v) is 18.0. The van der Waals surface area contributed by atoms with E-state index in [2.05, 4.69) is 31.4 Å². The maximum Gasteiger partial charge on any atom is 0.410 e. The standard InChI is InChI=1S/C21H24N2O2S2/c1-12-8-16-17(9-13(12)2)27-19(22-16)15-11-26-18-10-23(7-6-14(15)18)20(24)25-21(3,4)5/h8-9,11H,6-7,10H2,1-5H3. The van der Waals surface area contributed by atoms with Gasteiger partial charge in [-0.05, 0) is 69.9 Å². The molecule has 6 heteroatoms. The summed E-state index contributed by atoms with van der Waals surface area (Å²) in [5.41, 5.74) is 5.76. The summed E-state index contributed by atoms with van der Waals surface area (Å²) >= 11 is 3.48. The molecular weight excluding hydrogens is 376 g/mol. The predicted octanol–water partition coefficient (Wildman–Crippen LogP) is 5.93. The highest BCUT2D eigenvalue weighted by molar-refractivity contribution is 7.22. The van der Waals surface area contributed by atoms with Crippen LogP contribution in [-0.4, -0.2) is 28.1 Å². The lowest BCUT2D eigenvalue weighted by Crippen LogP contribution is -2.39. The van der Waals surface area contributed by atoms with E-state index in [1.807, 2.05) is 20.8 Å². The number of ether oxygens (including phenoxy) is 1. The number of hydrogen-bond acceptors (Lipinski definition) is 5. The van der Waals surface area contributed by atoms with Crippen LogP contribution in [0.4, 0.5) is 4.79 Å². The first-order valence-electron chi connectivity index (χ1n) is 9.16. The van der Waals surface area contributed by atoms with Gasteiger partial charge in [0.1, 0.15) is 10.6 Å². The first-order valence-corrected chi connectivity index (χ1v) is 10.9. The van der Waals surface area contributed by atoms with Gasteiger partial charge in [0.15, 0.2) is 0 Å². The van der Waals surface area contributed by atoms with Crippen LogP contribution in [0.5, 0.6) is 0 Å². The van der Waals surface area contributed by atoms with Gasteiger partial charge in [0.25, 0.3) is 0 Å². The van der Waals surface area contributed by atoms with Crippen molar-refractivity contribution in [3.8, 4) is 10.6 Å². The zero-order chi connectivity index (χ0) is 19.3. The highest BCUT2D eigenvalue weighted by Gasteiger charge is 2.28. The van der Waals surface area contributed by atoms with E-state index < -0.39 is 5.60 Å². The number of carbonyl (C=O) groups is 1. The van der Waals surface area contributed by atoms with E-state index in [0.29, 0.717) is 13.1 Å². The second kappa shape index (κ2) is 6.60. The molecule has 27 heavy (non-hydrogen) atoms. The van der Waals surface area contributed by atoms with Crippen LogP contribution in [0.15, 0.2) is 17.5 Å². The molecule has 0 fully saturated rings. The summed E-state index contributed by atoms with van der Waals surface area (Å²) in [6.45, 7) is 11.3. The molecular formula is C21H24N2O2S2. The summed E-state index contributed by atoms with van der Waals surface area (Å²) in [4.78, 5) is 20.3. The van der Waals surface area contributed by atoms with E-state index in [4.69, 9.17) is 9.72 Å². The van der Waals surface area contributed by atoms with E-state index >= 15 is 0 Å². The fraction of sp³-hybridized carbons (Fsp3) is 0.429. The average molecular weight is 401 g/mol. The van der Waals surface area contributed by atoms with Crippen LogP contribution in [0.25, 0.3) is 20.8 Å². The van der Waals surface area contributed by atoms with Gasteiger partial charge in [0, 0.05) is 22.4 Å². The van der Waals surface area contributed by atoms with E-state index in [9.17, 15) is 4.79 Å². The van der Waals surface area contributed by atoms with Gasteiger partial charge in [0.2, 0.25) is 0 Å². The minimum atomic E-state index is -0.463. The van der Waals surface area contributed by atoms with E-state index in [1.165, 1.54) is 31.8 Å². The molecule has 0 aliphatic carbocycles. The fourth-order valence-electron chi connectivity index (χ4n) is 3.29. The Morgan fingerprint density at radius 1 is 1.22 bits per heavy atom. The highest BCUT2D eigenvalue weighted by Crippen LogP contribution is 2.39. The van der Waals surface area contributed by atoms with Crippen molar-refractivity contribution in [2.45, 2.75) is 53.2 Å². The second-order valence-corrected chi connectivity index (χ2v) is 10.1. The quantitative estimate of drug-likeness (QED) is 0.508. The van der Waals surface area contributed by atoms with Crippen molar-refractivity contribution in [1.29, 1.82) is 0 Å². The van der Waals surface area contributed by atoms with Gasteiger partial charge >= 0.3 is 6.09 Å². The molecule has 0 saturated heterocycles. The van der Waals surface area contributed by atoms with Crippen molar-refractivity contribution in [1.82, 2.24) is 9.88 Å². The molecule has 4 nitrogen and oxygen atoms in total. The first kappa shape index (κ1) is 18.4. The van der Waals surface area contributed by atoms with Crippen molar-refractivity contribution in [3.05, 3.63) is 39.1 Å². The van der Waals surface area contributed by atoms with Crippen LogP contribution in [0.1, 0.15) is 42.3 Å². The number of thiazole rings is 1. The molecule has 0 spiro atoms. The van der Waals surface area contributed by atoms with Gasteiger partial charge in [-0.25, -0.2) is 9.78 Å². The molecule has 3 aromatic rings. The molecule has 0 unspecified atom stereocenters. The molecule has 1 aromatic carbocycles. The summed E-state index contributed by atoms with van der Waals surface area (Å²) in [6, 6.07) is 4.41. The Morgan fingerprint density at radius 3 is 2.70 bits per heavy atom. The molecule has 0 bridgehead atoms. The Labute approximate surface area is 167 Å². The topological polar surface area (TPSA) is 42.4 Å². The summed E-state index contributed by atoms with van der Waals surface area (Å²) in [6.07, 6.45) is 0.621. The molecule has 3 heterocycles. The lowest BCUT2D eigenvalue weighted by molar-refractivity contribution is 0.0227. The number of hydrogen-bond donors (Lipinski definition) is 0. The molecule has 1 aliphatic heterocycles. The number of aryl methyl sites for hydroxylation is 2. The number of benzene rings is 1. The SMILES string of the molecule is Cc1cc2nc(-c3csc4c3CCN(C(=O)OC(C)(C)C)C4)sc2cc1C. The van der Waals surface area contributed by atoms with Crippen molar-refractivity contribution in [2.75, 3.05) is 6.54 Å². The van der Waals surface area contributed by atoms with Crippen LogP contribution >= 0.6 is 22.7 Å². The molecule has 0 saturated carbocycles. The number of thiophene rings is 1. The first-order chi connectivity index (χ1) is 12.7. The molecule has 2 aromatic heterocycles. The van der Waals surface area contributed by atoms with Gasteiger partial charge in [-0.1, -0.05) is 0 Å². The van der Waals surface area contributed by atoms with Gasteiger partial charge in [-0.2, -0.15) is 0 Å². The minimum absolute atomic E-state index is 0.228. The van der Waals surface area contributed by atoms with Crippen LogP contribution in [-0.2, 0) is 17.7 Å². The lowest BCUT2D eigenvalue weighted by Gasteiger charge is -2.30. The minimum Gasteiger partial charge on any atom is -0.444 e. The molecule has 0 atom stereocenters. The van der Waals surface area contributed by atoms with Gasteiger partial charge in [-0.15, -0.1) is 22.7 Å². The summed E-state index contributed by atoms with van der Waals surface area (Å²) in [7, 11) is 0. The van der Waals surface area contributed by atoms with Crippen molar-refractivity contribution in [2.24, 2.45) is 0 Å². The van der Waals surface area contributed by atoms with Crippen LogP contribution in [0.3, 0.4) is 0 Å². The Kier molecular flexibility index (Phi) is 4.51. The smallest absolute Gasteiger partial charge is 0.410 e. The summed E-state index contributed by atoms with van der Waals surface area (Å²) in [5.74, 6) is 0. The third kappa shape index (κ3) is 3.60. The van der Waals surface area contributed by atoms with Gasteiger partial charge in [-0.3, -0.25) is 0 Å². The monoisotopic (exact) mass is 400 g/mol. The number of nitrogens with zero attached hydrogens (tertiary/aromatic N) is 2. The predicted molar refractivity (Wildman–Crippen MR) is 113 cm³/mol. The molecule has 4 rings (SSSR count). The number of aromatic nitrogens is 1. The third-order valence-corrected chi connectivity index (χ3v) is 6.90. The Morgan fingerprint density at radius 2 is 1.96 bits per heavy atom. The van der Waals surface area contributed by atoms with Crippen LogP contribution < -0.4 is 0 Å². The molecule has 142 valence electrons. The third-order valence-electron chi connectivity index (χ3n) is 4.83. The summed E-state index contributed by atoms with van der Waals surface area (Å²) < 4.78 is 6.76. The largest absolute Gasteiger partial charge is 0.444 e. The lowest BCUT2D eigenvalue weighted by atomic mass is 10.0. The Balaban J connectivity index is 1.61. The number of rotatable bonds is 1. The summed E-state index contributed by atoms with van der Waals surface area (Å²) in [5, 5.41) is 3.28.